The van der Waals surface area contributed by atoms with Gasteiger partial charge in [-0.25, -0.2) is 4.98 Å². The van der Waals surface area contributed by atoms with Gasteiger partial charge in [-0.2, -0.15) is 0 Å². The van der Waals surface area contributed by atoms with Gasteiger partial charge < -0.3 is 18.8 Å². The zero-order valence-electron chi connectivity index (χ0n) is 22.3. The molecule has 1 saturated heterocycles. The van der Waals surface area contributed by atoms with Gasteiger partial charge in [-0.1, -0.05) is 35.9 Å². The van der Waals surface area contributed by atoms with Gasteiger partial charge in [0.05, 0.1) is 19.5 Å². The zero-order valence-corrected chi connectivity index (χ0v) is 23.9. The van der Waals surface area contributed by atoms with Crippen molar-refractivity contribution in [3.63, 3.8) is 0 Å². The Labute approximate surface area is 242 Å². The highest BCUT2D eigenvalue weighted by Crippen LogP contribution is 2.60. The van der Waals surface area contributed by atoms with Gasteiger partial charge >= 0.3 is 0 Å². The molecule has 0 amide bonds. The molecular weight excluding hydrogens is 531 g/mol. The summed E-state index contributed by atoms with van der Waals surface area (Å²) in [6.07, 6.45) is 15.6. The highest BCUT2D eigenvalue weighted by molar-refractivity contribution is 6.30. The van der Waals surface area contributed by atoms with Gasteiger partial charge in [-0.3, -0.25) is 0 Å². The Morgan fingerprint density at radius 3 is 2.28 bits per heavy atom. The third-order valence-corrected chi connectivity index (χ3v) is 9.80. The topological polar surface area (TPSA) is 45.5 Å². The van der Waals surface area contributed by atoms with Gasteiger partial charge in [-0.05, 0) is 104 Å². The predicted molar refractivity (Wildman–Crippen MR) is 155 cm³/mol. The van der Waals surface area contributed by atoms with Crippen LogP contribution in [-0.4, -0.2) is 34.7 Å². The van der Waals surface area contributed by atoms with Crippen LogP contribution in [0.4, 0.5) is 0 Å². The first-order valence-corrected chi connectivity index (χ1v) is 14.7. The van der Waals surface area contributed by atoms with E-state index in [4.69, 9.17) is 25.8 Å². The first kappa shape index (κ1) is 27.1. The molecule has 0 radical (unpaired) electrons. The van der Waals surface area contributed by atoms with Crippen LogP contribution in [-0.2, 0) is 27.9 Å². The Balaban J connectivity index is 0.00000277. The van der Waals surface area contributed by atoms with Gasteiger partial charge in [-0.15, -0.1) is 12.4 Å². The van der Waals surface area contributed by atoms with Crippen molar-refractivity contribution < 1.29 is 14.2 Å². The summed E-state index contributed by atoms with van der Waals surface area (Å²) in [6, 6.07) is 17.0. The number of hydrogen-bond donors (Lipinski definition) is 0. The van der Waals surface area contributed by atoms with Crippen LogP contribution in [0.25, 0.3) is 0 Å². The molecule has 5 nitrogen and oxygen atoms in total. The number of aromatic nitrogens is 2. The minimum absolute atomic E-state index is 0. The highest BCUT2D eigenvalue weighted by Gasteiger charge is 2.51. The summed E-state index contributed by atoms with van der Waals surface area (Å²) in [5.41, 5.74) is 3.17. The molecule has 4 bridgehead atoms. The standard InChI is InChI=1S/C32H37ClN2O3.ClH/c33-28-5-1-23(2-6-28)9-10-32(21-35-12-11-34-22-35)37-20-30(38-32)19-36-29-7-3-27(4-8-29)31-16-24-13-25(17-31)15-26(14-24)18-31;/h1-8,11-12,22,24-26,30H,9-10,13-21H2;1H. The predicted octanol–water partition coefficient (Wildman–Crippen LogP) is 7.25. The number of imidazole rings is 1. The summed E-state index contributed by atoms with van der Waals surface area (Å²) in [5, 5.41) is 0.749. The van der Waals surface area contributed by atoms with Crippen molar-refractivity contribution in [2.75, 3.05) is 13.2 Å². The summed E-state index contributed by atoms with van der Waals surface area (Å²) in [6.45, 7) is 1.58. The summed E-state index contributed by atoms with van der Waals surface area (Å²) in [7, 11) is 0. The van der Waals surface area contributed by atoms with E-state index >= 15 is 0 Å². The molecule has 3 aromatic rings. The molecule has 2 atom stereocenters. The van der Waals surface area contributed by atoms with Crippen molar-refractivity contribution >= 4 is 24.0 Å². The van der Waals surface area contributed by atoms with E-state index < -0.39 is 5.79 Å². The third-order valence-electron chi connectivity index (χ3n) is 9.55. The summed E-state index contributed by atoms with van der Waals surface area (Å²) >= 11 is 6.07. The molecule has 4 aliphatic carbocycles. The molecule has 0 spiro atoms. The van der Waals surface area contributed by atoms with Crippen molar-refractivity contribution in [1.82, 2.24) is 9.55 Å². The summed E-state index contributed by atoms with van der Waals surface area (Å²) < 4.78 is 21.1. The second-order valence-electron chi connectivity index (χ2n) is 12.4. The average Bonchev–Trinajstić information content (AvgIpc) is 3.57. The maximum atomic E-state index is 6.56. The first-order valence-electron chi connectivity index (χ1n) is 14.3. The number of benzene rings is 2. The van der Waals surface area contributed by atoms with Crippen LogP contribution in [0.2, 0.25) is 5.02 Å². The van der Waals surface area contributed by atoms with Gasteiger partial charge in [0, 0.05) is 23.8 Å². The normalized spacial score (nSPS) is 32.7. The molecule has 1 aliphatic heterocycles. The van der Waals surface area contributed by atoms with Gasteiger partial charge in [0.15, 0.2) is 5.79 Å². The van der Waals surface area contributed by atoms with Gasteiger partial charge in [0.2, 0.25) is 0 Å². The molecule has 2 heterocycles. The van der Waals surface area contributed by atoms with Crippen molar-refractivity contribution in [3.8, 4) is 5.75 Å². The SMILES string of the molecule is Cl.Clc1ccc(CCC2(Cn3ccnc3)OCC(COc3ccc(C45CC6CC(CC(C6)C4)C5)cc3)O2)cc1. The van der Waals surface area contributed by atoms with E-state index in [2.05, 4.69) is 41.4 Å². The lowest BCUT2D eigenvalue weighted by Gasteiger charge is -2.57. The zero-order chi connectivity index (χ0) is 25.6. The van der Waals surface area contributed by atoms with Crippen molar-refractivity contribution in [2.24, 2.45) is 17.8 Å². The maximum absolute atomic E-state index is 6.56. The molecule has 39 heavy (non-hydrogen) atoms. The molecule has 4 saturated carbocycles. The van der Waals surface area contributed by atoms with E-state index in [1.54, 1.807) is 6.20 Å². The van der Waals surface area contributed by atoms with E-state index in [9.17, 15) is 0 Å². The molecule has 1 aromatic heterocycles. The number of aryl methyl sites for hydroxylation is 1. The van der Waals surface area contributed by atoms with E-state index in [1.165, 1.54) is 49.7 Å². The summed E-state index contributed by atoms with van der Waals surface area (Å²) in [4.78, 5) is 4.20. The van der Waals surface area contributed by atoms with Crippen LogP contribution in [0, 0.1) is 17.8 Å². The smallest absolute Gasteiger partial charge is 0.187 e. The Morgan fingerprint density at radius 2 is 1.64 bits per heavy atom. The summed E-state index contributed by atoms with van der Waals surface area (Å²) in [5.74, 6) is 3.07. The molecule has 7 heteroatoms. The Kier molecular flexibility index (Phi) is 7.71. The van der Waals surface area contributed by atoms with Crippen LogP contribution >= 0.6 is 24.0 Å². The Hall–Kier alpha value is -2.05. The monoisotopic (exact) mass is 568 g/mol. The Bertz CT molecular complexity index is 1200. The van der Waals surface area contributed by atoms with Crippen LogP contribution in [0.1, 0.15) is 56.1 Å². The van der Waals surface area contributed by atoms with Crippen LogP contribution in [0.3, 0.4) is 0 Å². The van der Waals surface area contributed by atoms with Crippen LogP contribution in [0.15, 0.2) is 67.3 Å². The number of ether oxygens (including phenoxy) is 3. The first-order chi connectivity index (χ1) is 18.5. The number of nitrogens with zero attached hydrogens (tertiary/aromatic N) is 2. The molecule has 5 fully saturated rings. The van der Waals surface area contributed by atoms with Crippen LogP contribution in [0.5, 0.6) is 5.75 Å². The second kappa shape index (κ2) is 11.1. The number of rotatable bonds is 9. The lowest BCUT2D eigenvalue weighted by Crippen LogP contribution is -2.48. The maximum Gasteiger partial charge on any atom is 0.187 e. The quantitative estimate of drug-likeness (QED) is 0.272. The lowest BCUT2D eigenvalue weighted by atomic mass is 9.48. The minimum atomic E-state index is -0.712. The van der Waals surface area contributed by atoms with Gasteiger partial charge in [0.25, 0.3) is 0 Å². The van der Waals surface area contributed by atoms with Crippen LogP contribution < -0.4 is 4.74 Å². The van der Waals surface area contributed by atoms with E-state index in [-0.39, 0.29) is 18.5 Å². The second-order valence-corrected chi connectivity index (χ2v) is 12.8. The fourth-order valence-electron chi connectivity index (χ4n) is 8.19. The fraction of sp³-hybridized carbons (Fsp3) is 0.531. The molecule has 2 aromatic carbocycles. The van der Waals surface area contributed by atoms with E-state index in [0.717, 1.165) is 41.4 Å². The third kappa shape index (κ3) is 5.74. The molecule has 5 aliphatic rings. The molecule has 8 rings (SSSR count). The largest absolute Gasteiger partial charge is 0.491 e. The van der Waals surface area contributed by atoms with Crippen molar-refractivity contribution in [1.29, 1.82) is 0 Å². The molecule has 0 N–H and O–H groups in total. The minimum Gasteiger partial charge on any atom is -0.491 e. The lowest BCUT2D eigenvalue weighted by molar-refractivity contribution is -0.184. The number of hydrogen-bond acceptors (Lipinski definition) is 4. The van der Waals surface area contributed by atoms with Crippen molar-refractivity contribution in [3.05, 3.63) is 83.4 Å². The van der Waals surface area contributed by atoms with Gasteiger partial charge in [0.1, 0.15) is 18.5 Å². The number of halogens is 2. The molecule has 2 unspecified atom stereocenters. The molecule has 208 valence electrons. The Morgan fingerprint density at radius 1 is 0.949 bits per heavy atom. The fourth-order valence-corrected chi connectivity index (χ4v) is 8.32. The van der Waals surface area contributed by atoms with Crippen molar-refractivity contribution in [2.45, 2.75) is 75.2 Å². The van der Waals surface area contributed by atoms with E-state index in [0.29, 0.717) is 25.2 Å². The highest BCUT2D eigenvalue weighted by atomic mass is 35.5. The molecular formula is C32H38Cl2N2O3. The van der Waals surface area contributed by atoms with E-state index in [1.807, 2.05) is 29.2 Å². The average molecular weight is 570 g/mol.